The van der Waals surface area contributed by atoms with Gasteiger partial charge in [0.1, 0.15) is 18.2 Å². The lowest BCUT2D eigenvalue weighted by molar-refractivity contribution is -0.660. The Kier molecular flexibility index (Phi) is 6.99. The molecule has 0 unspecified atom stereocenters. The van der Waals surface area contributed by atoms with E-state index in [4.69, 9.17) is 14.0 Å². The van der Waals surface area contributed by atoms with Crippen molar-refractivity contribution in [1.82, 2.24) is 0 Å². The van der Waals surface area contributed by atoms with Gasteiger partial charge >= 0.3 is 0 Å². The number of benzene rings is 5. The maximum atomic E-state index is 9.13. The third-order valence-corrected chi connectivity index (χ3v) is 9.75. The number of pyridine rings is 1. The molecular weight excluding hydrogens is 619 g/mol. The first-order valence-corrected chi connectivity index (χ1v) is 18.0. The Morgan fingerprint density at radius 1 is 0.706 bits per heavy atom. The van der Waals surface area contributed by atoms with Crippen molar-refractivity contribution in [1.29, 1.82) is 0 Å². The molecule has 0 fully saturated rings. The molecule has 0 aliphatic heterocycles. The predicted octanol–water partition coefficient (Wildman–Crippen LogP) is 13.5. The fourth-order valence-corrected chi connectivity index (χ4v) is 7.34. The van der Waals surface area contributed by atoms with E-state index in [1.807, 2.05) is 68.8 Å². The Hall–Kier alpha value is -4.95. The summed E-state index contributed by atoms with van der Waals surface area (Å²) >= 11 is 0. The molecule has 0 bridgehead atoms. The summed E-state index contributed by atoms with van der Waals surface area (Å²) in [6.07, 6.45) is -0.0168. The van der Waals surface area contributed by atoms with Gasteiger partial charge in [0.05, 0.1) is 8.30 Å². The molecule has 7 rings (SSSR count). The van der Waals surface area contributed by atoms with Crippen molar-refractivity contribution >= 4 is 21.9 Å². The molecule has 0 atom stereocenters. The van der Waals surface area contributed by atoms with Gasteiger partial charge in [-0.1, -0.05) is 145 Å². The van der Waals surface area contributed by atoms with Gasteiger partial charge in [-0.3, -0.25) is 0 Å². The van der Waals surface area contributed by atoms with E-state index in [9.17, 15) is 0 Å². The summed E-state index contributed by atoms with van der Waals surface area (Å²) in [5.74, 6) is -0.104. The van der Waals surface area contributed by atoms with Gasteiger partial charge in [-0.25, -0.2) is 4.57 Å². The van der Waals surface area contributed by atoms with E-state index in [1.165, 1.54) is 0 Å². The standard InChI is InChI=1S/C49H52NO/c1-30(2)41-25-37(35-22-20-34(21-23-35)28-49(7,8)9)26-42(31(3)4)46(41)43-27-44(50(10)29-33(43)6)45-32(5)19-24-40-39-18-14-17-38(47(39)51-48(40)45)36-15-12-11-13-16-36/h11-27,29-31H,28H2,1-10H3/q+1/i6D3,22D,23D,28D2. The van der Waals surface area contributed by atoms with Gasteiger partial charge in [0.25, 0.3) is 0 Å². The number of aryl methyl sites for hydroxylation is 3. The minimum Gasteiger partial charge on any atom is -0.454 e. The first-order chi connectivity index (χ1) is 27.1. The summed E-state index contributed by atoms with van der Waals surface area (Å²) in [4.78, 5) is 0. The molecule has 0 saturated carbocycles. The van der Waals surface area contributed by atoms with E-state index in [0.717, 1.165) is 66.6 Å². The van der Waals surface area contributed by atoms with Crippen LogP contribution in [0, 0.1) is 19.2 Å². The number of aromatic nitrogens is 1. The topological polar surface area (TPSA) is 17.0 Å². The first-order valence-electron chi connectivity index (χ1n) is 21.5. The number of hydrogen-bond donors (Lipinski definition) is 0. The van der Waals surface area contributed by atoms with E-state index in [1.54, 1.807) is 18.3 Å². The number of furan rings is 1. The number of para-hydroxylation sites is 1. The minimum absolute atomic E-state index is 0.0519. The van der Waals surface area contributed by atoms with Crippen molar-refractivity contribution < 1.29 is 18.6 Å². The van der Waals surface area contributed by atoms with Gasteiger partial charge in [0, 0.05) is 34.8 Å². The van der Waals surface area contributed by atoms with Crippen molar-refractivity contribution in [2.45, 2.75) is 80.5 Å². The number of rotatable bonds is 7. The van der Waals surface area contributed by atoms with Crippen LogP contribution in [0.5, 0.6) is 0 Å². The van der Waals surface area contributed by atoms with Crippen molar-refractivity contribution in [2.75, 3.05) is 0 Å². The molecule has 0 N–H and O–H groups in total. The highest BCUT2D eigenvalue weighted by molar-refractivity contribution is 6.13. The largest absolute Gasteiger partial charge is 0.454 e. The van der Waals surface area contributed by atoms with Crippen LogP contribution in [0.4, 0.5) is 0 Å². The highest BCUT2D eigenvalue weighted by Crippen LogP contribution is 2.44. The lowest BCUT2D eigenvalue weighted by Crippen LogP contribution is -2.31. The monoisotopic (exact) mass is 677 g/mol. The number of fused-ring (bicyclic) bond motifs is 3. The van der Waals surface area contributed by atoms with Crippen molar-refractivity contribution in [3.8, 4) is 44.6 Å². The highest BCUT2D eigenvalue weighted by atomic mass is 16.3. The van der Waals surface area contributed by atoms with E-state index in [0.29, 0.717) is 22.3 Å². The van der Waals surface area contributed by atoms with Crippen LogP contribution in [0.15, 0.2) is 114 Å². The molecule has 51 heavy (non-hydrogen) atoms. The maximum Gasteiger partial charge on any atom is 0.216 e. The molecule has 5 aromatic carbocycles. The summed E-state index contributed by atoms with van der Waals surface area (Å²) in [6.45, 7) is 13.4. The number of nitrogens with zero attached hydrogens (tertiary/aromatic N) is 1. The molecule has 0 aliphatic carbocycles. The highest BCUT2D eigenvalue weighted by Gasteiger charge is 2.26. The maximum absolute atomic E-state index is 9.13. The molecule has 258 valence electrons. The summed E-state index contributed by atoms with van der Waals surface area (Å²) in [5, 5.41) is 1.98. The van der Waals surface area contributed by atoms with Gasteiger partial charge in [-0.05, 0) is 87.5 Å². The van der Waals surface area contributed by atoms with Crippen LogP contribution in [0.1, 0.15) is 97.7 Å². The van der Waals surface area contributed by atoms with Gasteiger partial charge in [0.15, 0.2) is 6.20 Å². The zero-order chi connectivity index (χ0) is 42.2. The van der Waals surface area contributed by atoms with E-state index in [2.05, 4.69) is 77.1 Å². The van der Waals surface area contributed by atoms with Crippen LogP contribution in [0.3, 0.4) is 0 Å². The summed E-state index contributed by atoms with van der Waals surface area (Å²) in [7, 11) is 1.89. The van der Waals surface area contributed by atoms with Crippen LogP contribution in [0.25, 0.3) is 66.6 Å². The fourth-order valence-electron chi connectivity index (χ4n) is 7.34. The van der Waals surface area contributed by atoms with Crippen LogP contribution in [0.2, 0.25) is 0 Å². The Morgan fingerprint density at radius 3 is 2.00 bits per heavy atom. The quantitative estimate of drug-likeness (QED) is 0.153. The van der Waals surface area contributed by atoms with Crippen LogP contribution in [-0.2, 0) is 13.4 Å². The van der Waals surface area contributed by atoms with Gasteiger partial charge in [-0.2, -0.15) is 0 Å². The second-order valence-corrected chi connectivity index (χ2v) is 15.5. The van der Waals surface area contributed by atoms with Crippen molar-refractivity contribution in [3.05, 3.63) is 137 Å². The van der Waals surface area contributed by atoms with Gasteiger partial charge < -0.3 is 4.42 Å². The molecule has 0 saturated heterocycles. The average Bonchev–Trinajstić information content (AvgIpc) is 3.52. The fraction of sp³-hybridized carbons (Fsp3) is 0.286. The molecular formula is C49H52NO+. The summed E-state index contributed by atoms with van der Waals surface area (Å²) in [6, 6.07) is 29.9. The third-order valence-electron chi connectivity index (χ3n) is 9.75. The Balaban J connectivity index is 1.51. The molecule has 0 amide bonds. The van der Waals surface area contributed by atoms with Gasteiger partial charge in [-0.15, -0.1) is 0 Å². The first kappa shape index (κ1) is 26.8. The molecule has 0 spiro atoms. The van der Waals surface area contributed by atoms with Crippen LogP contribution in [-0.4, -0.2) is 0 Å². The number of hydrogen-bond acceptors (Lipinski definition) is 1. The second-order valence-electron chi connectivity index (χ2n) is 15.5. The van der Waals surface area contributed by atoms with Gasteiger partial charge in [0.2, 0.25) is 5.69 Å². The van der Waals surface area contributed by atoms with E-state index >= 15 is 0 Å². The molecule has 2 nitrogen and oxygen atoms in total. The summed E-state index contributed by atoms with van der Waals surface area (Å²) in [5.41, 5.74) is 10.4. The zero-order valence-electron chi connectivity index (χ0n) is 38.2. The Morgan fingerprint density at radius 2 is 1.37 bits per heavy atom. The molecule has 2 heterocycles. The third kappa shape index (κ3) is 6.53. The molecule has 0 aliphatic rings. The van der Waals surface area contributed by atoms with Crippen LogP contribution >= 0.6 is 0 Å². The average molecular weight is 678 g/mol. The van der Waals surface area contributed by atoms with Crippen molar-refractivity contribution in [3.63, 3.8) is 0 Å². The van der Waals surface area contributed by atoms with Crippen molar-refractivity contribution in [2.24, 2.45) is 12.5 Å². The SMILES string of the molecule is [2H]c1cc(C([2H])([2H])C(C)(C)C)cc([2H])c1-c1cc(C(C)C)c(-c2cc(-c3c(C)ccc4c3oc3c(-c5ccccc5)cccc34)[n+](C)cc2C([2H])([2H])[2H])c(C(C)C)c1. The van der Waals surface area contributed by atoms with Crippen LogP contribution < -0.4 is 4.57 Å². The summed E-state index contributed by atoms with van der Waals surface area (Å²) < 4.78 is 71.1. The molecule has 0 radical (unpaired) electrons. The Labute approximate surface area is 314 Å². The van der Waals surface area contributed by atoms with E-state index in [-0.39, 0.29) is 29.5 Å². The smallest absolute Gasteiger partial charge is 0.216 e. The second kappa shape index (κ2) is 13.3. The van der Waals surface area contributed by atoms with E-state index < -0.39 is 18.6 Å². The minimum atomic E-state index is -2.44. The lowest BCUT2D eigenvalue weighted by Gasteiger charge is -2.23. The molecule has 2 heteroatoms. The normalized spacial score (nSPS) is 14.7. The predicted molar refractivity (Wildman–Crippen MR) is 217 cm³/mol. The molecule has 2 aromatic heterocycles. The lowest BCUT2D eigenvalue weighted by atomic mass is 9.81. The molecule has 7 aromatic rings. The zero-order valence-corrected chi connectivity index (χ0v) is 31.2. The Bertz CT molecular complexity index is 2660.